The van der Waals surface area contributed by atoms with E-state index < -0.39 is 64.0 Å². The highest BCUT2D eigenvalue weighted by atomic mass is 19.4. The molecule has 0 saturated heterocycles. The van der Waals surface area contributed by atoms with Crippen molar-refractivity contribution in [1.29, 1.82) is 0 Å². The van der Waals surface area contributed by atoms with Crippen molar-refractivity contribution in [2.75, 3.05) is 0 Å². The van der Waals surface area contributed by atoms with Gasteiger partial charge in [0.15, 0.2) is 0 Å². The van der Waals surface area contributed by atoms with E-state index in [0.29, 0.717) is 42.0 Å². The third-order valence-corrected chi connectivity index (χ3v) is 7.35. The zero-order valence-corrected chi connectivity index (χ0v) is 27.0. The molecule has 5 rings (SSSR count). The Bertz CT molecular complexity index is 2150. The molecule has 15 heteroatoms. The molecule has 0 saturated carbocycles. The number of aromatic hydroxyl groups is 3. The Morgan fingerprint density at radius 3 is 1.30 bits per heavy atom. The van der Waals surface area contributed by atoms with E-state index in [9.17, 15) is 56.0 Å². The van der Waals surface area contributed by atoms with Crippen molar-refractivity contribution in [3.63, 3.8) is 0 Å². The fourth-order valence-electron chi connectivity index (χ4n) is 4.71. The average molecular weight is 739 g/mol. The lowest BCUT2D eigenvalue weighted by Gasteiger charge is -2.12. The number of halogens is 6. The van der Waals surface area contributed by atoms with Crippen LogP contribution in [0.1, 0.15) is 58.9 Å². The normalized spacial score (nSPS) is 11.7. The third-order valence-electron chi connectivity index (χ3n) is 7.35. The number of alkyl halides is 6. The van der Waals surface area contributed by atoms with Crippen molar-refractivity contribution in [1.82, 2.24) is 0 Å². The fraction of sp³-hybridized carbons (Fsp3) is 0.0789. The second kappa shape index (κ2) is 14.8. The SMILES string of the molecule is Cc1ccc(C(=O)Oc2ccc(/C=C/c3cc(OC(=O)c4ccc(C(F)(F)F)cc4O)cc(OC(=O)c4ccc(C(F)(F)F)cc4O)c3)cc2)c(O)c1. The number of hydrogen-bond donors (Lipinski definition) is 3. The highest BCUT2D eigenvalue weighted by Gasteiger charge is 2.33. The quantitative estimate of drug-likeness (QED) is 0.0616. The molecule has 0 fully saturated rings. The van der Waals surface area contributed by atoms with Gasteiger partial charge in [-0.2, -0.15) is 26.3 Å². The van der Waals surface area contributed by atoms with Crippen LogP contribution in [0.5, 0.6) is 34.5 Å². The van der Waals surface area contributed by atoms with Gasteiger partial charge in [-0.3, -0.25) is 0 Å². The third kappa shape index (κ3) is 9.32. The van der Waals surface area contributed by atoms with E-state index in [1.165, 1.54) is 48.6 Å². The van der Waals surface area contributed by atoms with Gasteiger partial charge in [0, 0.05) is 6.07 Å². The number of benzene rings is 5. The topological polar surface area (TPSA) is 140 Å². The summed E-state index contributed by atoms with van der Waals surface area (Å²) in [5.41, 5.74) is -2.30. The highest BCUT2D eigenvalue weighted by molar-refractivity contribution is 5.96. The minimum atomic E-state index is -4.81. The molecular formula is C38H24F6O9. The standard InChI is InChI=1S/C38H24F6O9/c1-20-2-11-28(31(45)14-20)34(48)51-25-9-5-21(6-10-25)3-4-22-15-26(52-35(49)29-12-7-23(17-32(29)46)37(39,40)41)19-27(16-22)53-36(50)30-13-8-24(18-33(30)47)38(42,43)44/h2-19,45-47H,1H3/b4-3+. The van der Waals surface area contributed by atoms with E-state index >= 15 is 0 Å². The van der Waals surface area contributed by atoms with Crippen LogP contribution in [0.2, 0.25) is 0 Å². The Balaban J connectivity index is 1.40. The average Bonchev–Trinajstić information content (AvgIpc) is 3.06. The number of carbonyl (C=O) groups is 3. The monoisotopic (exact) mass is 738 g/mol. The molecule has 0 aliphatic heterocycles. The van der Waals surface area contributed by atoms with Crippen LogP contribution < -0.4 is 14.2 Å². The number of phenols is 3. The van der Waals surface area contributed by atoms with Gasteiger partial charge >= 0.3 is 30.3 Å². The maximum absolute atomic E-state index is 13.0. The molecule has 0 radical (unpaired) electrons. The summed E-state index contributed by atoms with van der Waals surface area (Å²) >= 11 is 0. The van der Waals surface area contributed by atoms with Crippen LogP contribution in [0.4, 0.5) is 26.3 Å². The summed E-state index contributed by atoms with van der Waals surface area (Å²) in [4.78, 5) is 38.2. The first-order valence-corrected chi connectivity index (χ1v) is 15.1. The molecule has 0 bridgehead atoms. The van der Waals surface area contributed by atoms with Crippen molar-refractivity contribution >= 4 is 30.1 Å². The predicted molar refractivity (Wildman–Crippen MR) is 176 cm³/mol. The van der Waals surface area contributed by atoms with E-state index in [4.69, 9.17) is 14.2 Å². The molecule has 272 valence electrons. The van der Waals surface area contributed by atoms with Gasteiger partial charge in [0.1, 0.15) is 51.2 Å². The minimum Gasteiger partial charge on any atom is -0.507 e. The predicted octanol–water partition coefficient (Wildman–Crippen LogP) is 8.98. The molecule has 3 N–H and O–H groups in total. The van der Waals surface area contributed by atoms with E-state index in [2.05, 4.69) is 0 Å². The van der Waals surface area contributed by atoms with Gasteiger partial charge in [-0.25, -0.2) is 14.4 Å². The van der Waals surface area contributed by atoms with E-state index in [1.807, 2.05) is 0 Å². The molecule has 9 nitrogen and oxygen atoms in total. The summed E-state index contributed by atoms with van der Waals surface area (Å²) in [5, 5.41) is 30.2. The molecule has 0 atom stereocenters. The van der Waals surface area contributed by atoms with Crippen LogP contribution >= 0.6 is 0 Å². The van der Waals surface area contributed by atoms with Crippen LogP contribution in [0.15, 0.2) is 97.1 Å². The summed E-state index contributed by atoms with van der Waals surface area (Å²) < 4.78 is 94.1. The van der Waals surface area contributed by atoms with Crippen molar-refractivity contribution in [3.05, 3.63) is 142 Å². The molecule has 0 amide bonds. The molecule has 0 unspecified atom stereocenters. The summed E-state index contributed by atoms with van der Waals surface area (Å²) in [6, 6.07) is 17.2. The lowest BCUT2D eigenvalue weighted by molar-refractivity contribution is -0.138. The van der Waals surface area contributed by atoms with Crippen LogP contribution in [0.25, 0.3) is 12.2 Å². The minimum absolute atomic E-state index is 0.0428. The second-order valence-corrected chi connectivity index (χ2v) is 11.3. The van der Waals surface area contributed by atoms with Gasteiger partial charge in [0.25, 0.3) is 0 Å². The number of aryl methyl sites for hydroxylation is 1. The molecule has 53 heavy (non-hydrogen) atoms. The number of rotatable bonds is 8. The fourth-order valence-corrected chi connectivity index (χ4v) is 4.71. The van der Waals surface area contributed by atoms with Crippen LogP contribution in [-0.2, 0) is 12.4 Å². The number of hydrogen-bond acceptors (Lipinski definition) is 9. The van der Waals surface area contributed by atoms with Gasteiger partial charge in [-0.05, 0) is 96.4 Å². The van der Waals surface area contributed by atoms with Gasteiger partial charge in [0.2, 0.25) is 0 Å². The number of esters is 3. The van der Waals surface area contributed by atoms with Gasteiger partial charge in [-0.15, -0.1) is 0 Å². The Morgan fingerprint density at radius 1 is 0.491 bits per heavy atom. The van der Waals surface area contributed by atoms with Crippen molar-refractivity contribution in [3.8, 4) is 34.5 Å². The highest BCUT2D eigenvalue weighted by Crippen LogP contribution is 2.35. The largest absolute Gasteiger partial charge is 0.507 e. The van der Waals surface area contributed by atoms with E-state index in [-0.39, 0.29) is 34.1 Å². The van der Waals surface area contributed by atoms with E-state index in [0.717, 1.165) is 11.6 Å². The molecule has 0 aromatic heterocycles. The van der Waals surface area contributed by atoms with Crippen LogP contribution in [0.3, 0.4) is 0 Å². The first kappa shape index (κ1) is 37.5. The van der Waals surface area contributed by atoms with Crippen molar-refractivity contribution in [2.24, 2.45) is 0 Å². The molecule has 0 aliphatic rings. The lowest BCUT2D eigenvalue weighted by atomic mass is 10.1. The van der Waals surface area contributed by atoms with Gasteiger partial charge in [0.05, 0.1) is 11.1 Å². The molecule has 5 aromatic carbocycles. The summed E-state index contributed by atoms with van der Waals surface area (Å²) in [6.45, 7) is 1.74. The van der Waals surface area contributed by atoms with Crippen LogP contribution in [-0.4, -0.2) is 33.2 Å². The lowest BCUT2D eigenvalue weighted by Crippen LogP contribution is -2.12. The zero-order chi connectivity index (χ0) is 38.7. The summed E-state index contributed by atoms with van der Waals surface area (Å²) in [6.07, 6.45) is -6.63. The Kier molecular flexibility index (Phi) is 10.5. The molecular weight excluding hydrogens is 714 g/mol. The summed E-state index contributed by atoms with van der Waals surface area (Å²) in [7, 11) is 0. The molecule has 0 aliphatic carbocycles. The Labute approximate surface area is 295 Å². The van der Waals surface area contributed by atoms with Gasteiger partial charge < -0.3 is 29.5 Å². The number of phenolic OH excluding ortho intramolecular Hbond substituents is 3. The second-order valence-electron chi connectivity index (χ2n) is 11.3. The molecule has 5 aromatic rings. The van der Waals surface area contributed by atoms with Crippen LogP contribution in [0, 0.1) is 6.92 Å². The Morgan fingerprint density at radius 2 is 0.887 bits per heavy atom. The van der Waals surface area contributed by atoms with Crippen molar-refractivity contribution < 1.29 is 70.3 Å². The maximum Gasteiger partial charge on any atom is 0.416 e. The van der Waals surface area contributed by atoms with Gasteiger partial charge in [-0.1, -0.05) is 30.4 Å². The first-order chi connectivity index (χ1) is 24.9. The zero-order valence-electron chi connectivity index (χ0n) is 27.0. The molecule has 0 spiro atoms. The Hall–Kier alpha value is -6.77. The smallest absolute Gasteiger partial charge is 0.416 e. The summed E-state index contributed by atoms with van der Waals surface area (Å²) in [5.74, 6) is -6.22. The van der Waals surface area contributed by atoms with Crippen molar-refractivity contribution in [2.45, 2.75) is 19.3 Å². The molecule has 0 heterocycles. The van der Waals surface area contributed by atoms with E-state index in [1.54, 1.807) is 25.1 Å². The maximum atomic E-state index is 13.0. The first-order valence-electron chi connectivity index (χ1n) is 15.1. The number of ether oxygens (including phenoxy) is 3. The number of carbonyl (C=O) groups excluding carboxylic acids is 3.